The van der Waals surface area contributed by atoms with Gasteiger partial charge < -0.3 is 4.42 Å². The molecule has 0 atom stereocenters. The van der Waals surface area contributed by atoms with Gasteiger partial charge in [-0.15, -0.1) is 0 Å². The van der Waals surface area contributed by atoms with Crippen LogP contribution >= 0.6 is 0 Å². The van der Waals surface area contributed by atoms with E-state index in [9.17, 15) is 0 Å². The van der Waals surface area contributed by atoms with Crippen LogP contribution < -0.4 is 0 Å². The Hall–Kier alpha value is -7.36. The second kappa shape index (κ2) is 14.9. The van der Waals surface area contributed by atoms with Gasteiger partial charge in [0.25, 0.3) is 0 Å². The zero-order valence-electron chi connectivity index (χ0n) is 37.3. The van der Waals surface area contributed by atoms with Gasteiger partial charge in [-0.2, -0.15) is 0 Å². The molecule has 0 unspecified atom stereocenters. The molecule has 11 rings (SSSR count). The topological polar surface area (TPSA) is 38.9 Å². The molecule has 0 radical (unpaired) electrons. The zero-order valence-corrected chi connectivity index (χ0v) is 37.3. The predicted octanol–water partition coefficient (Wildman–Crippen LogP) is 16.0. The average Bonchev–Trinajstić information content (AvgIpc) is 3.85. The van der Waals surface area contributed by atoms with Crippen molar-refractivity contribution in [3.05, 3.63) is 228 Å². The van der Waals surface area contributed by atoms with Gasteiger partial charge in [0.05, 0.1) is 16.8 Å². The fraction of sp³-hybridized carbons (Fsp3) is 0.148. The zero-order chi connectivity index (χ0) is 43.8. The molecule has 1 aliphatic carbocycles. The van der Waals surface area contributed by atoms with Crippen LogP contribution in [0.15, 0.2) is 199 Å². The van der Waals surface area contributed by atoms with Crippen molar-refractivity contribution in [3.63, 3.8) is 0 Å². The van der Waals surface area contributed by atoms with Gasteiger partial charge in [0.15, 0.2) is 5.82 Å². The summed E-state index contributed by atoms with van der Waals surface area (Å²) in [6.45, 7) is 13.9. The van der Waals surface area contributed by atoms with Crippen LogP contribution in [0.25, 0.3) is 78.1 Å². The first-order chi connectivity index (χ1) is 31.0. The van der Waals surface area contributed by atoms with E-state index < -0.39 is 5.41 Å². The van der Waals surface area contributed by atoms with E-state index in [4.69, 9.17) is 14.4 Å². The molecule has 0 N–H and O–H groups in total. The van der Waals surface area contributed by atoms with Crippen molar-refractivity contribution in [3.8, 4) is 56.2 Å². The Bertz CT molecular complexity index is 3360. The summed E-state index contributed by atoms with van der Waals surface area (Å²) in [4.78, 5) is 10.5. The molecule has 64 heavy (non-hydrogen) atoms. The summed E-state index contributed by atoms with van der Waals surface area (Å²) in [5.41, 5.74) is 18.3. The van der Waals surface area contributed by atoms with Crippen LogP contribution in [0.1, 0.15) is 74.9 Å². The van der Waals surface area contributed by atoms with E-state index in [2.05, 4.69) is 205 Å². The molecule has 0 amide bonds. The van der Waals surface area contributed by atoms with Crippen molar-refractivity contribution in [1.29, 1.82) is 0 Å². The molecule has 0 aliphatic heterocycles. The van der Waals surface area contributed by atoms with Crippen LogP contribution in [-0.4, -0.2) is 9.97 Å². The van der Waals surface area contributed by atoms with Crippen molar-refractivity contribution < 1.29 is 4.42 Å². The molecule has 310 valence electrons. The summed E-state index contributed by atoms with van der Waals surface area (Å²) in [5, 5.41) is 2.16. The molecule has 1 aliphatic rings. The second-order valence-electron chi connectivity index (χ2n) is 19.4. The highest BCUT2D eigenvalue weighted by atomic mass is 16.3. The SMILES string of the molecule is CC(C)(C)c1cccc(C2(c3cccc(C(C)(C)C)c3)c3ccccc3-c3ccc(-c4cccc(-c5cc(-c6cccc7c6oc6ccccc67)nc(-c6ccccc6)n5)c4)cc32)c1. The Morgan fingerprint density at radius 3 is 1.70 bits per heavy atom. The van der Waals surface area contributed by atoms with Gasteiger partial charge in [-0.05, 0) is 96.8 Å². The standard InChI is InChI=1S/C61H50N2O/c1-59(2,3)43-22-15-24-45(36-43)61(46-25-16-23-44(37-46)60(4,5)6)52-30-12-10-26-47(52)48-33-32-41(35-53(48)61)40-20-14-21-42(34-40)54-38-55(63-58(62-54)39-18-8-7-9-19-39)51-29-17-28-50-49-27-11-13-31-56(49)64-57(50)51/h7-38H,1-6H3. The molecule has 2 heterocycles. The first-order valence-corrected chi connectivity index (χ1v) is 22.4. The normalized spacial score (nSPS) is 13.3. The molecule has 0 spiro atoms. The molecule has 3 heteroatoms. The number of benzene rings is 8. The minimum Gasteiger partial charge on any atom is -0.455 e. The van der Waals surface area contributed by atoms with Crippen molar-refractivity contribution in [1.82, 2.24) is 9.97 Å². The second-order valence-corrected chi connectivity index (χ2v) is 19.4. The maximum absolute atomic E-state index is 6.53. The van der Waals surface area contributed by atoms with Crippen LogP contribution in [0.3, 0.4) is 0 Å². The molecule has 0 saturated carbocycles. The van der Waals surface area contributed by atoms with Gasteiger partial charge in [0.2, 0.25) is 0 Å². The van der Waals surface area contributed by atoms with Crippen LogP contribution in [0.2, 0.25) is 0 Å². The summed E-state index contributed by atoms with van der Waals surface area (Å²) in [6.07, 6.45) is 0. The number of hydrogen-bond donors (Lipinski definition) is 0. The summed E-state index contributed by atoms with van der Waals surface area (Å²) in [6, 6.07) is 70.6. The summed E-state index contributed by atoms with van der Waals surface area (Å²) < 4.78 is 6.53. The minimum atomic E-state index is -0.550. The lowest BCUT2D eigenvalue weighted by molar-refractivity contribution is 0.585. The quantitative estimate of drug-likeness (QED) is 0.168. The molecule has 8 aromatic carbocycles. The first-order valence-electron chi connectivity index (χ1n) is 22.4. The summed E-state index contributed by atoms with van der Waals surface area (Å²) >= 11 is 0. The number of furan rings is 1. The number of para-hydroxylation sites is 2. The van der Waals surface area contributed by atoms with Crippen molar-refractivity contribution >= 4 is 21.9 Å². The minimum absolute atomic E-state index is 0.0203. The monoisotopic (exact) mass is 826 g/mol. The van der Waals surface area contributed by atoms with Crippen LogP contribution in [0.5, 0.6) is 0 Å². The largest absolute Gasteiger partial charge is 0.455 e. The van der Waals surface area contributed by atoms with Gasteiger partial charge in [0, 0.05) is 27.5 Å². The van der Waals surface area contributed by atoms with Crippen LogP contribution in [-0.2, 0) is 16.2 Å². The van der Waals surface area contributed by atoms with E-state index in [1.54, 1.807) is 0 Å². The van der Waals surface area contributed by atoms with Gasteiger partial charge in [-0.25, -0.2) is 9.97 Å². The molecule has 10 aromatic rings. The summed E-state index contributed by atoms with van der Waals surface area (Å²) in [5.74, 6) is 0.668. The van der Waals surface area contributed by atoms with E-state index in [-0.39, 0.29) is 10.8 Å². The van der Waals surface area contributed by atoms with E-state index in [1.807, 2.05) is 30.3 Å². The Labute approximate surface area is 376 Å². The number of nitrogens with zero attached hydrogens (tertiary/aromatic N) is 2. The van der Waals surface area contributed by atoms with E-state index in [0.29, 0.717) is 5.82 Å². The summed E-state index contributed by atoms with van der Waals surface area (Å²) in [7, 11) is 0. The van der Waals surface area contributed by atoms with E-state index in [1.165, 1.54) is 44.5 Å². The van der Waals surface area contributed by atoms with Crippen molar-refractivity contribution in [2.24, 2.45) is 0 Å². The highest BCUT2D eigenvalue weighted by molar-refractivity contribution is 6.09. The Kier molecular flexibility index (Phi) is 9.18. The first kappa shape index (κ1) is 39.5. The van der Waals surface area contributed by atoms with Crippen molar-refractivity contribution in [2.75, 3.05) is 0 Å². The van der Waals surface area contributed by atoms with Crippen LogP contribution in [0, 0.1) is 0 Å². The predicted molar refractivity (Wildman–Crippen MR) is 266 cm³/mol. The van der Waals surface area contributed by atoms with E-state index in [0.717, 1.165) is 61.1 Å². The third-order valence-electron chi connectivity index (χ3n) is 13.3. The fourth-order valence-electron chi connectivity index (χ4n) is 9.94. The molecule has 0 saturated heterocycles. The molecule has 0 bridgehead atoms. The van der Waals surface area contributed by atoms with Gasteiger partial charge >= 0.3 is 0 Å². The Morgan fingerprint density at radius 1 is 0.391 bits per heavy atom. The lowest BCUT2D eigenvalue weighted by Gasteiger charge is -2.36. The van der Waals surface area contributed by atoms with Crippen LogP contribution in [0.4, 0.5) is 0 Å². The molecular formula is C61H50N2O. The average molecular weight is 827 g/mol. The Morgan fingerprint density at radius 2 is 0.953 bits per heavy atom. The van der Waals surface area contributed by atoms with Gasteiger partial charge in [0.1, 0.15) is 11.2 Å². The van der Waals surface area contributed by atoms with Gasteiger partial charge in [-0.3, -0.25) is 0 Å². The van der Waals surface area contributed by atoms with E-state index >= 15 is 0 Å². The lowest BCUT2D eigenvalue weighted by Crippen LogP contribution is -2.30. The third kappa shape index (κ3) is 6.49. The molecule has 0 fully saturated rings. The molecule has 3 nitrogen and oxygen atoms in total. The Balaban J connectivity index is 1.11. The fourth-order valence-corrected chi connectivity index (χ4v) is 9.94. The smallest absolute Gasteiger partial charge is 0.160 e. The van der Waals surface area contributed by atoms with Crippen molar-refractivity contribution in [2.45, 2.75) is 57.8 Å². The molecular weight excluding hydrogens is 777 g/mol. The number of aromatic nitrogens is 2. The maximum Gasteiger partial charge on any atom is 0.160 e. The number of fused-ring (bicyclic) bond motifs is 6. The molecule has 2 aromatic heterocycles. The highest BCUT2D eigenvalue weighted by Crippen LogP contribution is 2.57. The number of hydrogen-bond acceptors (Lipinski definition) is 3. The maximum atomic E-state index is 6.53. The van der Waals surface area contributed by atoms with Gasteiger partial charge in [-0.1, -0.05) is 205 Å². The third-order valence-corrected chi connectivity index (χ3v) is 13.3. The highest BCUT2D eigenvalue weighted by Gasteiger charge is 2.47. The lowest BCUT2D eigenvalue weighted by atomic mass is 9.66. The number of rotatable bonds is 6.